The van der Waals surface area contributed by atoms with E-state index >= 15 is 0 Å². The number of benzene rings is 2. The van der Waals surface area contributed by atoms with Crippen LogP contribution in [0.4, 0.5) is 13.2 Å². The molecule has 0 unspecified atom stereocenters. The Morgan fingerprint density at radius 1 is 1.00 bits per heavy atom. The maximum atomic E-state index is 13.3. The van der Waals surface area contributed by atoms with Crippen LogP contribution in [0.15, 0.2) is 53.4 Å². The number of nitrogens with one attached hydrogen (secondary N) is 1. The van der Waals surface area contributed by atoms with Gasteiger partial charge in [-0.1, -0.05) is 29.8 Å². The maximum Gasteiger partial charge on any atom is 0.534 e. The molecule has 2 aromatic rings. The number of carbonyl (C=O) groups is 2. The highest BCUT2D eigenvalue weighted by molar-refractivity contribution is 7.89. The molecule has 15 heteroatoms. The van der Waals surface area contributed by atoms with Gasteiger partial charge in [0, 0.05) is 13.0 Å². The fourth-order valence-corrected chi connectivity index (χ4v) is 6.18. The van der Waals surface area contributed by atoms with E-state index in [1.165, 1.54) is 24.3 Å². The van der Waals surface area contributed by atoms with E-state index in [2.05, 4.69) is 9.50 Å². The molecule has 0 saturated carbocycles. The number of carbonyl (C=O) groups excluding carboxylic acids is 2. The number of amides is 1. The molecule has 10 nitrogen and oxygen atoms in total. The average molecular weight is 621 g/mol. The number of sulfonamides is 1. The van der Waals surface area contributed by atoms with Gasteiger partial charge < -0.3 is 14.2 Å². The highest BCUT2D eigenvalue weighted by atomic mass is 32.2. The molecule has 226 valence electrons. The highest BCUT2D eigenvalue weighted by Crippen LogP contribution is 2.28. The van der Waals surface area contributed by atoms with Crippen molar-refractivity contribution in [1.82, 2.24) is 9.62 Å². The van der Waals surface area contributed by atoms with Crippen LogP contribution in [0.3, 0.4) is 0 Å². The van der Waals surface area contributed by atoms with Gasteiger partial charge in [-0.3, -0.25) is 4.79 Å². The molecule has 0 aliphatic carbocycles. The average Bonchev–Trinajstić information content (AvgIpc) is 3.34. The first-order chi connectivity index (χ1) is 18.8. The minimum Gasteiger partial charge on any atom is -0.458 e. The van der Waals surface area contributed by atoms with Gasteiger partial charge in [0.1, 0.15) is 23.4 Å². The molecule has 1 fully saturated rings. The number of alkyl halides is 3. The van der Waals surface area contributed by atoms with E-state index in [0.717, 1.165) is 22.0 Å². The van der Waals surface area contributed by atoms with E-state index in [1.807, 2.05) is 6.92 Å². The number of rotatable bonds is 9. The first-order valence-corrected chi connectivity index (χ1v) is 15.4. The molecular formula is C26H31F3N2O8S2. The Morgan fingerprint density at radius 3 is 2.12 bits per heavy atom. The zero-order chi connectivity index (χ0) is 30.8. The Morgan fingerprint density at radius 2 is 1.59 bits per heavy atom. The molecule has 0 radical (unpaired) electrons. The first kappa shape index (κ1) is 32.3. The number of hydrogen-bond donors (Lipinski definition) is 1. The Balaban J connectivity index is 1.81. The molecule has 1 saturated heterocycles. The van der Waals surface area contributed by atoms with Crippen molar-refractivity contribution in [2.45, 2.75) is 75.0 Å². The number of nitrogens with zero attached hydrogens (tertiary/aromatic N) is 1. The van der Waals surface area contributed by atoms with Crippen LogP contribution in [0.2, 0.25) is 0 Å². The van der Waals surface area contributed by atoms with Gasteiger partial charge in [-0.15, -0.1) is 0 Å². The molecule has 1 N–H and O–H groups in total. The summed E-state index contributed by atoms with van der Waals surface area (Å²) in [6, 6.07) is 8.22. The second-order valence-corrected chi connectivity index (χ2v) is 13.9. The van der Waals surface area contributed by atoms with Gasteiger partial charge in [0.05, 0.1) is 4.90 Å². The molecule has 41 heavy (non-hydrogen) atoms. The van der Waals surface area contributed by atoms with Crippen LogP contribution < -0.4 is 9.50 Å². The van der Waals surface area contributed by atoms with Crippen molar-refractivity contribution in [3.8, 4) is 5.75 Å². The fraction of sp³-hybridized carbons (Fsp3) is 0.462. The molecule has 2 aromatic carbocycles. The van der Waals surface area contributed by atoms with Gasteiger partial charge in [-0.05, 0) is 70.4 Å². The SMILES string of the molecule is Cc1ccc(S(=O)(=O)N2CCC[C@H]2C(=O)N[C@@H](Cc2ccc(OS(=O)(=O)C(F)(F)F)cc2)C(=O)OC(C)(C)C)cc1. The molecule has 0 aromatic heterocycles. The highest BCUT2D eigenvalue weighted by Gasteiger charge is 2.48. The number of esters is 1. The van der Waals surface area contributed by atoms with Gasteiger partial charge in [0.25, 0.3) is 0 Å². The summed E-state index contributed by atoms with van der Waals surface area (Å²) in [5.74, 6) is -2.14. The summed E-state index contributed by atoms with van der Waals surface area (Å²) >= 11 is 0. The third-order valence-electron chi connectivity index (χ3n) is 5.99. The smallest absolute Gasteiger partial charge is 0.458 e. The van der Waals surface area contributed by atoms with Crippen molar-refractivity contribution >= 4 is 32.0 Å². The third-order valence-corrected chi connectivity index (χ3v) is 8.90. The zero-order valence-electron chi connectivity index (χ0n) is 22.8. The van der Waals surface area contributed by atoms with Crippen molar-refractivity contribution in [3.63, 3.8) is 0 Å². The summed E-state index contributed by atoms with van der Waals surface area (Å²) in [6.45, 7) is 6.76. The van der Waals surface area contributed by atoms with Gasteiger partial charge in [0.2, 0.25) is 15.9 Å². The van der Waals surface area contributed by atoms with Gasteiger partial charge in [0.15, 0.2) is 0 Å². The van der Waals surface area contributed by atoms with Gasteiger partial charge in [-0.25, -0.2) is 13.2 Å². The van der Waals surface area contributed by atoms with E-state index in [1.54, 1.807) is 32.9 Å². The largest absolute Gasteiger partial charge is 0.534 e. The summed E-state index contributed by atoms with van der Waals surface area (Å²) < 4.78 is 97.5. The lowest BCUT2D eigenvalue weighted by molar-refractivity contribution is -0.158. The van der Waals surface area contributed by atoms with E-state index in [4.69, 9.17) is 4.74 Å². The van der Waals surface area contributed by atoms with Crippen LogP contribution in [-0.2, 0) is 40.9 Å². The Bertz CT molecular complexity index is 1470. The van der Waals surface area contributed by atoms with Crippen LogP contribution in [0.1, 0.15) is 44.7 Å². The topological polar surface area (TPSA) is 136 Å². The molecule has 1 amide bonds. The van der Waals surface area contributed by atoms with E-state index in [0.29, 0.717) is 12.0 Å². The van der Waals surface area contributed by atoms with Gasteiger partial charge in [-0.2, -0.15) is 25.9 Å². The molecule has 3 rings (SSSR count). The standard InChI is InChI=1S/C26H31F3N2O8S2/c1-17-7-13-20(14-8-17)40(34,35)31-15-5-6-22(31)23(32)30-21(24(33)38-25(2,3)4)16-18-9-11-19(12-10-18)39-41(36,37)26(27,28)29/h7-14,21-22H,5-6,15-16H2,1-4H3,(H,30,32)/t21-,22-/m0/s1. The first-order valence-electron chi connectivity index (χ1n) is 12.5. The number of hydrogen-bond acceptors (Lipinski definition) is 8. The van der Waals surface area contributed by atoms with Crippen LogP contribution in [0.25, 0.3) is 0 Å². The lowest BCUT2D eigenvalue weighted by atomic mass is 10.0. The van der Waals surface area contributed by atoms with Crippen LogP contribution in [0, 0.1) is 6.92 Å². The molecule has 0 bridgehead atoms. The lowest BCUT2D eigenvalue weighted by Crippen LogP contribution is -2.52. The summed E-state index contributed by atoms with van der Waals surface area (Å²) in [5.41, 5.74) is -5.36. The van der Waals surface area contributed by atoms with E-state index < -0.39 is 61.0 Å². The van der Waals surface area contributed by atoms with Gasteiger partial charge >= 0.3 is 21.6 Å². The molecule has 2 atom stereocenters. The lowest BCUT2D eigenvalue weighted by Gasteiger charge is -2.28. The fourth-order valence-electron chi connectivity index (χ4n) is 4.06. The monoisotopic (exact) mass is 620 g/mol. The van der Waals surface area contributed by atoms with Crippen molar-refractivity contribution < 1.29 is 48.5 Å². The second kappa shape index (κ2) is 12.0. The normalized spacial score (nSPS) is 17.6. The third kappa shape index (κ3) is 8.20. The van der Waals surface area contributed by atoms with Crippen molar-refractivity contribution in [1.29, 1.82) is 0 Å². The molecule has 1 heterocycles. The van der Waals surface area contributed by atoms with Crippen LogP contribution in [0.5, 0.6) is 5.75 Å². The van der Waals surface area contributed by atoms with E-state index in [-0.39, 0.29) is 24.3 Å². The summed E-state index contributed by atoms with van der Waals surface area (Å²) in [7, 11) is -9.88. The minimum atomic E-state index is -5.87. The maximum absolute atomic E-state index is 13.3. The van der Waals surface area contributed by atoms with Crippen LogP contribution in [-0.4, -0.2) is 62.8 Å². The van der Waals surface area contributed by atoms with Crippen LogP contribution >= 0.6 is 0 Å². The predicted molar refractivity (Wildman–Crippen MR) is 142 cm³/mol. The number of aryl methyl sites for hydroxylation is 1. The molecule has 0 spiro atoms. The Kier molecular flexibility index (Phi) is 9.45. The molecule has 1 aliphatic rings. The summed E-state index contributed by atoms with van der Waals surface area (Å²) in [4.78, 5) is 26.4. The van der Waals surface area contributed by atoms with Crippen molar-refractivity contribution in [2.75, 3.05) is 6.54 Å². The van der Waals surface area contributed by atoms with E-state index in [9.17, 15) is 39.6 Å². The summed E-state index contributed by atoms with van der Waals surface area (Å²) in [5, 5.41) is 2.57. The Hall–Kier alpha value is -3.17. The predicted octanol–water partition coefficient (Wildman–Crippen LogP) is 3.45. The Labute approximate surface area is 237 Å². The zero-order valence-corrected chi connectivity index (χ0v) is 24.4. The van der Waals surface area contributed by atoms with Crippen molar-refractivity contribution in [3.05, 3.63) is 59.7 Å². The minimum absolute atomic E-state index is 0.0290. The molecular weight excluding hydrogens is 589 g/mol. The second-order valence-electron chi connectivity index (χ2n) is 10.5. The number of ether oxygens (including phenoxy) is 1. The summed E-state index contributed by atoms with van der Waals surface area (Å²) in [6.07, 6.45) is 0.449. The number of halogens is 3. The quantitative estimate of drug-likeness (QED) is 0.256. The molecule has 1 aliphatic heterocycles. The van der Waals surface area contributed by atoms with Crippen molar-refractivity contribution in [2.24, 2.45) is 0 Å².